The van der Waals surface area contributed by atoms with Crippen molar-refractivity contribution in [1.82, 2.24) is 0 Å². The Balaban J connectivity index is 0.000000683. The molecule has 0 heterocycles. The van der Waals surface area contributed by atoms with Gasteiger partial charge < -0.3 is 14.9 Å². The van der Waals surface area contributed by atoms with Crippen molar-refractivity contribution in [3.63, 3.8) is 0 Å². The van der Waals surface area contributed by atoms with Crippen LogP contribution in [0.1, 0.15) is 120 Å². The van der Waals surface area contributed by atoms with E-state index in [9.17, 15) is 9.59 Å². The molecule has 0 aliphatic rings. The zero-order valence-corrected chi connectivity index (χ0v) is 19.7. The molecule has 0 amide bonds. The zero-order chi connectivity index (χ0) is 23.2. The highest BCUT2D eigenvalue weighted by Crippen LogP contribution is 2.13. The standard InChI is InChI=1S/C18H36O2.C8H8O3/c1-2-3-4-5-6-7-8-9-10-11-12-13-14-15-16-17-18(19)20;1-11-7-4-2-6(3-5-7)8(9)10/h2-17H2,1H3,(H,19,20);2-5H,1H3,(H,9,10). The zero-order valence-electron chi connectivity index (χ0n) is 19.7. The third kappa shape index (κ3) is 19.7. The fraction of sp³-hybridized carbons (Fsp3) is 0.692. The van der Waals surface area contributed by atoms with Crippen LogP contribution in [0.2, 0.25) is 0 Å². The van der Waals surface area contributed by atoms with Gasteiger partial charge in [-0.25, -0.2) is 4.79 Å². The first-order chi connectivity index (χ1) is 15.0. The number of carboxylic acid groups (broad SMARTS) is 2. The monoisotopic (exact) mass is 436 g/mol. The fourth-order valence-corrected chi connectivity index (χ4v) is 3.38. The van der Waals surface area contributed by atoms with Gasteiger partial charge in [-0.1, -0.05) is 96.8 Å². The Morgan fingerprint density at radius 2 is 1.06 bits per heavy atom. The molecule has 0 unspecified atom stereocenters. The van der Waals surface area contributed by atoms with Gasteiger partial charge in [-0.2, -0.15) is 0 Å². The number of ether oxygens (including phenoxy) is 1. The van der Waals surface area contributed by atoms with E-state index in [-0.39, 0.29) is 5.56 Å². The molecule has 0 fully saturated rings. The summed E-state index contributed by atoms with van der Waals surface area (Å²) >= 11 is 0. The summed E-state index contributed by atoms with van der Waals surface area (Å²) in [5.74, 6) is -0.914. The Morgan fingerprint density at radius 3 is 1.39 bits per heavy atom. The molecule has 178 valence electrons. The van der Waals surface area contributed by atoms with Gasteiger partial charge in [0.2, 0.25) is 0 Å². The fourth-order valence-electron chi connectivity index (χ4n) is 3.38. The van der Waals surface area contributed by atoms with Crippen molar-refractivity contribution in [3.05, 3.63) is 29.8 Å². The van der Waals surface area contributed by atoms with Crippen LogP contribution in [0.4, 0.5) is 0 Å². The topological polar surface area (TPSA) is 83.8 Å². The maximum atomic E-state index is 10.4. The summed E-state index contributed by atoms with van der Waals surface area (Å²) in [6.07, 6.45) is 20.2. The molecule has 0 aromatic heterocycles. The quantitative estimate of drug-likeness (QED) is 0.230. The van der Waals surface area contributed by atoms with Crippen LogP contribution in [0.25, 0.3) is 0 Å². The summed E-state index contributed by atoms with van der Waals surface area (Å²) in [5.41, 5.74) is 0.269. The minimum atomic E-state index is -0.923. The van der Waals surface area contributed by atoms with Crippen LogP contribution >= 0.6 is 0 Å². The minimum absolute atomic E-state index is 0.269. The molecule has 1 aromatic rings. The molecule has 0 radical (unpaired) electrons. The van der Waals surface area contributed by atoms with Crippen molar-refractivity contribution < 1.29 is 24.5 Å². The lowest BCUT2D eigenvalue weighted by atomic mass is 10.0. The summed E-state index contributed by atoms with van der Waals surface area (Å²) in [6.45, 7) is 2.27. The van der Waals surface area contributed by atoms with Gasteiger partial charge in [0.25, 0.3) is 0 Å². The van der Waals surface area contributed by atoms with E-state index in [1.165, 1.54) is 103 Å². The SMILES string of the molecule is CCCCCCCCCCCCCCCCCC(=O)O.COc1ccc(C(=O)O)cc1. The molecule has 0 aliphatic heterocycles. The van der Waals surface area contributed by atoms with Crippen LogP contribution in [-0.4, -0.2) is 29.3 Å². The maximum absolute atomic E-state index is 10.4. The molecular formula is C26H44O5. The minimum Gasteiger partial charge on any atom is -0.497 e. The van der Waals surface area contributed by atoms with E-state index in [0.29, 0.717) is 12.2 Å². The van der Waals surface area contributed by atoms with Crippen LogP contribution in [0.5, 0.6) is 5.75 Å². The number of benzene rings is 1. The summed E-state index contributed by atoms with van der Waals surface area (Å²) < 4.78 is 4.86. The number of aromatic carboxylic acids is 1. The molecule has 0 spiro atoms. The first-order valence-corrected chi connectivity index (χ1v) is 12.1. The molecule has 0 aliphatic carbocycles. The van der Waals surface area contributed by atoms with Gasteiger partial charge in [-0.05, 0) is 30.7 Å². The number of methoxy groups -OCH3 is 1. The Morgan fingerprint density at radius 1 is 0.677 bits per heavy atom. The van der Waals surface area contributed by atoms with E-state index >= 15 is 0 Å². The van der Waals surface area contributed by atoms with Gasteiger partial charge in [-0.3, -0.25) is 4.79 Å². The first-order valence-electron chi connectivity index (χ1n) is 12.1. The normalized spacial score (nSPS) is 10.3. The van der Waals surface area contributed by atoms with Gasteiger partial charge in [0.15, 0.2) is 0 Å². The molecule has 0 saturated heterocycles. The second kappa shape index (κ2) is 21.2. The van der Waals surface area contributed by atoms with Gasteiger partial charge in [0.1, 0.15) is 5.75 Å². The summed E-state index contributed by atoms with van der Waals surface area (Å²) in [7, 11) is 1.54. The molecule has 1 rings (SSSR count). The van der Waals surface area contributed by atoms with E-state index < -0.39 is 11.9 Å². The molecule has 5 nitrogen and oxygen atoms in total. The van der Waals surface area contributed by atoms with E-state index in [4.69, 9.17) is 14.9 Å². The molecule has 0 bridgehead atoms. The number of unbranched alkanes of at least 4 members (excludes halogenated alkanes) is 14. The van der Waals surface area contributed by atoms with Crippen molar-refractivity contribution in [1.29, 1.82) is 0 Å². The highest BCUT2D eigenvalue weighted by molar-refractivity contribution is 5.87. The Labute approximate surface area is 189 Å². The van der Waals surface area contributed by atoms with E-state index in [2.05, 4.69) is 6.92 Å². The average molecular weight is 437 g/mol. The predicted octanol–water partition coefficient (Wildman–Crippen LogP) is 7.73. The van der Waals surface area contributed by atoms with E-state index in [1.807, 2.05) is 0 Å². The second-order valence-electron chi connectivity index (χ2n) is 8.13. The van der Waals surface area contributed by atoms with Gasteiger partial charge in [0, 0.05) is 6.42 Å². The van der Waals surface area contributed by atoms with E-state index in [1.54, 1.807) is 12.1 Å². The number of aliphatic carboxylic acids is 1. The lowest BCUT2D eigenvalue weighted by Gasteiger charge is -2.03. The van der Waals surface area contributed by atoms with Crippen molar-refractivity contribution >= 4 is 11.9 Å². The summed E-state index contributed by atoms with van der Waals surface area (Å²) in [5, 5.41) is 17.0. The third-order valence-electron chi connectivity index (χ3n) is 5.33. The molecule has 1 aromatic carbocycles. The summed E-state index contributed by atoms with van der Waals surface area (Å²) in [6, 6.07) is 6.23. The number of rotatable bonds is 18. The molecule has 31 heavy (non-hydrogen) atoms. The van der Waals surface area contributed by atoms with Crippen LogP contribution in [0.15, 0.2) is 24.3 Å². The number of hydrogen-bond acceptors (Lipinski definition) is 3. The highest BCUT2D eigenvalue weighted by Gasteiger charge is 2.00. The Bertz CT molecular complexity index is 553. The summed E-state index contributed by atoms with van der Waals surface area (Å²) in [4.78, 5) is 20.7. The molecular weight excluding hydrogens is 392 g/mol. The van der Waals surface area contributed by atoms with Gasteiger partial charge in [0.05, 0.1) is 12.7 Å². The average Bonchev–Trinajstić information content (AvgIpc) is 2.76. The predicted molar refractivity (Wildman–Crippen MR) is 127 cm³/mol. The largest absolute Gasteiger partial charge is 0.497 e. The highest BCUT2D eigenvalue weighted by atomic mass is 16.5. The molecule has 2 N–H and O–H groups in total. The van der Waals surface area contributed by atoms with Crippen LogP contribution < -0.4 is 4.74 Å². The lowest BCUT2D eigenvalue weighted by Crippen LogP contribution is -1.95. The number of hydrogen-bond donors (Lipinski definition) is 2. The van der Waals surface area contributed by atoms with Gasteiger partial charge in [-0.15, -0.1) is 0 Å². The molecule has 0 atom stereocenters. The van der Waals surface area contributed by atoms with Crippen LogP contribution in [-0.2, 0) is 4.79 Å². The Hall–Kier alpha value is -2.04. The smallest absolute Gasteiger partial charge is 0.335 e. The maximum Gasteiger partial charge on any atom is 0.335 e. The van der Waals surface area contributed by atoms with Crippen molar-refractivity contribution in [2.24, 2.45) is 0 Å². The van der Waals surface area contributed by atoms with Crippen LogP contribution in [0.3, 0.4) is 0 Å². The third-order valence-corrected chi connectivity index (χ3v) is 5.33. The second-order valence-corrected chi connectivity index (χ2v) is 8.13. The van der Waals surface area contributed by atoms with E-state index in [0.717, 1.165) is 12.8 Å². The first kappa shape index (κ1) is 29.0. The van der Waals surface area contributed by atoms with Gasteiger partial charge >= 0.3 is 11.9 Å². The van der Waals surface area contributed by atoms with Crippen molar-refractivity contribution in [2.75, 3.05) is 7.11 Å². The molecule has 0 saturated carbocycles. The lowest BCUT2D eigenvalue weighted by molar-refractivity contribution is -0.137. The number of carboxylic acids is 2. The number of carbonyl (C=O) groups is 2. The van der Waals surface area contributed by atoms with Crippen molar-refractivity contribution in [3.8, 4) is 5.75 Å². The van der Waals surface area contributed by atoms with Crippen LogP contribution in [0, 0.1) is 0 Å². The molecule has 5 heteroatoms. The Kier molecular flexibility index (Phi) is 19.8. The van der Waals surface area contributed by atoms with Crippen molar-refractivity contribution in [2.45, 2.75) is 110 Å².